The molecule has 2 aliphatic rings. The van der Waals surface area contributed by atoms with Crippen LogP contribution in [-0.4, -0.2) is 62.1 Å². The molecule has 1 amide bonds. The lowest BCUT2D eigenvalue weighted by Gasteiger charge is -2.39. The normalized spacial score (nSPS) is 21.6. The van der Waals surface area contributed by atoms with Gasteiger partial charge in [0.25, 0.3) is 5.91 Å². The van der Waals surface area contributed by atoms with Crippen LogP contribution in [0.1, 0.15) is 29.6 Å². The minimum absolute atomic E-state index is 0.0646. The summed E-state index contributed by atoms with van der Waals surface area (Å²) in [6, 6.07) is 5.91. The van der Waals surface area contributed by atoms with Crippen molar-refractivity contribution in [2.75, 3.05) is 40.4 Å². The van der Waals surface area contributed by atoms with Gasteiger partial charge in [-0.2, -0.15) is 0 Å². The topological polar surface area (TPSA) is 42.0 Å². The largest absolute Gasteiger partial charge is 0.493 e. The van der Waals surface area contributed by atoms with Crippen molar-refractivity contribution in [3.63, 3.8) is 0 Å². The number of nitrogens with zero attached hydrogens (tertiary/aromatic N) is 2. The molecule has 1 atom stereocenters. The van der Waals surface area contributed by atoms with Gasteiger partial charge in [-0.25, -0.2) is 0 Å². The first-order chi connectivity index (χ1) is 11.7. The van der Waals surface area contributed by atoms with Crippen LogP contribution in [0.2, 0.25) is 0 Å². The van der Waals surface area contributed by atoms with E-state index in [1.165, 1.54) is 19.3 Å². The molecule has 3 rings (SSSR count). The fraction of sp³-hybridized carbons (Fsp3) is 0.526. The molecule has 0 unspecified atom stereocenters. The number of benzene rings is 1. The zero-order valence-electron chi connectivity index (χ0n) is 14.5. The van der Waals surface area contributed by atoms with E-state index in [9.17, 15) is 4.79 Å². The summed E-state index contributed by atoms with van der Waals surface area (Å²) in [7, 11) is 3.18. The van der Waals surface area contributed by atoms with Crippen molar-refractivity contribution < 1.29 is 14.3 Å². The maximum atomic E-state index is 12.7. The predicted octanol–water partition coefficient (Wildman–Crippen LogP) is 2.57. The third kappa shape index (κ3) is 3.56. The van der Waals surface area contributed by atoms with Gasteiger partial charge < -0.3 is 14.4 Å². The third-order valence-electron chi connectivity index (χ3n) is 4.93. The van der Waals surface area contributed by atoms with Crippen LogP contribution in [0.5, 0.6) is 11.5 Å². The highest BCUT2D eigenvalue weighted by atomic mass is 16.5. The van der Waals surface area contributed by atoms with Crippen LogP contribution in [0.3, 0.4) is 0 Å². The molecule has 1 aromatic carbocycles. The van der Waals surface area contributed by atoms with E-state index in [1.807, 2.05) is 4.90 Å². The molecule has 0 N–H and O–H groups in total. The zero-order valence-corrected chi connectivity index (χ0v) is 14.5. The van der Waals surface area contributed by atoms with Crippen molar-refractivity contribution in [1.82, 2.24) is 9.80 Å². The minimum Gasteiger partial charge on any atom is -0.493 e. The van der Waals surface area contributed by atoms with Gasteiger partial charge in [-0.3, -0.25) is 9.69 Å². The van der Waals surface area contributed by atoms with Gasteiger partial charge in [-0.15, -0.1) is 0 Å². The molecule has 5 nitrogen and oxygen atoms in total. The molecule has 0 aromatic heterocycles. The molecule has 1 saturated heterocycles. The fourth-order valence-electron chi connectivity index (χ4n) is 3.51. The Hall–Kier alpha value is -2.01. The number of carbonyl (C=O) groups excluding carboxylic acids is 1. The van der Waals surface area contributed by atoms with E-state index in [0.29, 0.717) is 23.1 Å². The van der Waals surface area contributed by atoms with Crippen LogP contribution in [0.4, 0.5) is 0 Å². The third-order valence-corrected chi connectivity index (χ3v) is 4.93. The van der Waals surface area contributed by atoms with Gasteiger partial charge in [-0.1, -0.05) is 12.2 Å². The summed E-state index contributed by atoms with van der Waals surface area (Å²) in [6.07, 6.45) is 8.32. The Morgan fingerprint density at radius 1 is 1.08 bits per heavy atom. The molecular weight excluding hydrogens is 304 g/mol. The average molecular weight is 330 g/mol. The van der Waals surface area contributed by atoms with Crippen LogP contribution in [0.25, 0.3) is 0 Å². The summed E-state index contributed by atoms with van der Waals surface area (Å²) in [5, 5.41) is 0. The van der Waals surface area contributed by atoms with E-state index in [1.54, 1.807) is 32.4 Å². The number of hydrogen-bond donors (Lipinski definition) is 0. The van der Waals surface area contributed by atoms with Crippen molar-refractivity contribution in [3.05, 3.63) is 35.9 Å². The Balaban J connectivity index is 1.62. The van der Waals surface area contributed by atoms with Gasteiger partial charge in [-0.05, 0) is 37.5 Å². The van der Waals surface area contributed by atoms with E-state index in [-0.39, 0.29) is 5.91 Å². The predicted molar refractivity (Wildman–Crippen MR) is 93.8 cm³/mol. The summed E-state index contributed by atoms with van der Waals surface area (Å²) >= 11 is 0. The van der Waals surface area contributed by atoms with Crippen LogP contribution in [0, 0.1) is 0 Å². The van der Waals surface area contributed by atoms with Crippen molar-refractivity contribution in [2.24, 2.45) is 0 Å². The highest BCUT2D eigenvalue weighted by molar-refractivity contribution is 5.95. The van der Waals surface area contributed by atoms with Gasteiger partial charge in [0.1, 0.15) is 0 Å². The lowest BCUT2D eigenvalue weighted by molar-refractivity contribution is 0.0592. The fourth-order valence-corrected chi connectivity index (χ4v) is 3.51. The Labute approximate surface area is 143 Å². The van der Waals surface area contributed by atoms with Crippen LogP contribution < -0.4 is 9.47 Å². The summed E-state index contributed by atoms with van der Waals surface area (Å²) < 4.78 is 10.5. The standard InChI is InChI=1S/C19H26N2O3/c1-23-17-9-8-15(14-18(17)24-2)19(22)21-12-10-20(11-13-21)16-6-4-3-5-7-16/h4,6,8-9,14,16H,3,5,7,10-13H2,1-2H3/t16-/m0/s1. The molecule has 0 bridgehead atoms. The molecule has 1 aliphatic heterocycles. The molecule has 130 valence electrons. The summed E-state index contributed by atoms with van der Waals surface area (Å²) in [5.41, 5.74) is 0.652. The quantitative estimate of drug-likeness (QED) is 0.796. The van der Waals surface area contributed by atoms with Crippen LogP contribution >= 0.6 is 0 Å². The monoisotopic (exact) mass is 330 g/mol. The first-order valence-corrected chi connectivity index (χ1v) is 8.65. The first kappa shape index (κ1) is 16.8. The maximum absolute atomic E-state index is 12.7. The molecule has 0 saturated carbocycles. The molecular formula is C19H26N2O3. The average Bonchev–Trinajstić information content (AvgIpc) is 2.67. The number of ether oxygens (including phenoxy) is 2. The lowest BCUT2D eigenvalue weighted by atomic mass is 10.0. The molecule has 1 heterocycles. The second kappa shape index (κ2) is 7.71. The zero-order chi connectivity index (χ0) is 16.9. The van der Waals surface area contributed by atoms with Crippen molar-refractivity contribution in [2.45, 2.75) is 25.3 Å². The molecule has 1 aromatic rings. The van der Waals surface area contributed by atoms with Crippen molar-refractivity contribution >= 4 is 5.91 Å². The van der Waals surface area contributed by atoms with Gasteiger partial charge in [0.2, 0.25) is 0 Å². The second-order valence-electron chi connectivity index (χ2n) is 6.32. The smallest absolute Gasteiger partial charge is 0.254 e. The van der Waals surface area contributed by atoms with Gasteiger partial charge in [0, 0.05) is 37.8 Å². The number of methoxy groups -OCH3 is 2. The van der Waals surface area contributed by atoms with E-state index >= 15 is 0 Å². The minimum atomic E-state index is 0.0646. The summed E-state index contributed by atoms with van der Waals surface area (Å²) in [4.78, 5) is 17.2. The van der Waals surface area contributed by atoms with Crippen molar-refractivity contribution in [1.29, 1.82) is 0 Å². The Morgan fingerprint density at radius 3 is 2.46 bits per heavy atom. The van der Waals surface area contributed by atoms with E-state index in [2.05, 4.69) is 17.1 Å². The number of allylic oxidation sites excluding steroid dienone is 1. The Kier molecular flexibility index (Phi) is 5.41. The van der Waals surface area contributed by atoms with E-state index in [0.717, 1.165) is 26.2 Å². The molecule has 0 radical (unpaired) electrons. The van der Waals surface area contributed by atoms with Gasteiger partial charge in [0.15, 0.2) is 11.5 Å². The van der Waals surface area contributed by atoms with Gasteiger partial charge >= 0.3 is 0 Å². The molecule has 1 aliphatic carbocycles. The number of piperazine rings is 1. The number of rotatable bonds is 4. The number of hydrogen-bond acceptors (Lipinski definition) is 4. The first-order valence-electron chi connectivity index (χ1n) is 8.65. The SMILES string of the molecule is COc1ccc(C(=O)N2CCN([C@H]3C=CCCC3)CC2)cc1OC. The second-order valence-corrected chi connectivity index (χ2v) is 6.32. The Morgan fingerprint density at radius 2 is 1.83 bits per heavy atom. The van der Waals surface area contributed by atoms with Crippen LogP contribution in [-0.2, 0) is 0 Å². The maximum Gasteiger partial charge on any atom is 0.254 e. The molecule has 24 heavy (non-hydrogen) atoms. The van der Waals surface area contributed by atoms with Crippen molar-refractivity contribution in [3.8, 4) is 11.5 Å². The lowest BCUT2D eigenvalue weighted by Crippen LogP contribution is -2.51. The summed E-state index contributed by atoms with van der Waals surface area (Å²) in [5.74, 6) is 1.30. The molecule has 1 fully saturated rings. The molecule has 5 heteroatoms. The highest BCUT2D eigenvalue weighted by Crippen LogP contribution is 2.28. The van der Waals surface area contributed by atoms with Gasteiger partial charge in [0.05, 0.1) is 14.2 Å². The highest BCUT2D eigenvalue weighted by Gasteiger charge is 2.26. The van der Waals surface area contributed by atoms with Crippen LogP contribution in [0.15, 0.2) is 30.4 Å². The van der Waals surface area contributed by atoms with E-state index < -0.39 is 0 Å². The summed E-state index contributed by atoms with van der Waals surface area (Å²) in [6.45, 7) is 3.43. The number of carbonyl (C=O) groups is 1. The Bertz CT molecular complexity index is 607. The van der Waals surface area contributed by atoms with E-state index in [4.69, 9.17) is 9.47 Å². The molecule has 0 spiro atoms. The number of amides is 1.